The summed E-state index contributed by atoms with van der Waals surface area (Å²) in [5.74, 6) is -1.14. The molecule has 0 fully saturated rings. The first-order valence-electron chi connectivity index (χ1n) is 8.88. The highest BCUT2D eigenvalue weighted by Crippen LogP contribution is 2.29. The maximum atomic E-state index is 13.1. The average Bonchev–Trinajstić information content (AvgIpc) is 2.96. The van der Waals surface area contributed by atoms with Crippen LogP contribution in [0.1, 0.15) is 50.0 Å². The molecule has 0 bridgehead atoms. The number of carbonyl (C=O) groups is 2. The molecule has 0 radical (unpaired) electrons. The van der Waals surface area contributed by atoms with Gasteiger partial charge in [-0.25, -0.2) is 14.2 Å². The minimum absolute atomic E-state index is 0.00821. The fraction of sp³-hybridized carbons (Fsp3) is 0.450. The second-order valence-electron chi connectivity index (χ2n) is 6.92. The van der Waals surface area contributed by atoms with E-state index in [0.29, 0.717) is 15.6 Å². The third kappa shape index (κ3) is 4.91. The van der Waals surface area contributed by atoms with E-state index in [2.05, 4.69) is 4.98 Å². The van der Waals surface area contributed by atoms with Crippen LogP contribution in [-0.2, 0) is 9.53 Å². The summed E-state index contributed by atoms with van der Waals surface area (Å²) in [4.78, 5) is 31.6. The van der Waals surface area contributed by atoms with Crippen molar-refractivity contribution in [3.63, 3.8) is 0 Å². The molecule has 2 aromatic rings. The number of esters is 1. The van der Waals surface area contributed by atoms with Crippen molar-refractivity contribution in [3.8, 4) is 10.6 Å². The van der Waals surface area contributed by atoms with Crippen LogP contribution in [0.4, 0.5) is 4.39 Å². The Balaban J connectivity index is 2.16. The number of carbonyl (C=O) groups excluding carboxylic acids is 2. The van der Waals surface area contributed by atoms with Gasteiger partial charge in [-0.15, -0.1) is 11.3 Å². The molecule has 2 rings (SSSR count). The number of aryl methyl sites for hydroxylation is 1. The van der Waals surface area contributed by atoms with E-state index in [4.69, 9.17) is 4.74 Å². The lowest BCUT2D eigenvalue weighted by Gasteiger charge is -2.32. The largest absolute Gasteiger partial charge is 0.448 e. The van der Waals surface area contributed by atoms with Gasteiger partial charge in [0, 0.05) is 17.6 Å². The lowest BCUT2D eigenvalue weighted by Crippen LogP contribution is -2.47. The second kappa shape index (κ2) is 8.61. The zero-order valence-corrected chi connectivity index (χ0v) is 17.3. The molecular formula is C20H25FN2O3S. The van der Waals surface area contributed by atoms with Crippen LogP contribution in [0.2, 0.25) is 0 Å². The molecule has 0 saturated heterocycles. The van der Waals surface area contributed by atoms with E-state index in [0.717, 1.165) is 5.56 Å². The fourth-order valence-electron chi connectivity index (χ4n) is 2.88. The third-order valence-corrected chi connectivity index (χ3v) is 5.26. The van der Waals surface area contributed by atoms with E-state index in [1.807, 2.05) is 27.7 Å². The van der Waals surface area contributed by atoms with Crippen LogP contribution in [0.5, 0.6) is 0 Å². The van der Waals surface area contributed by atoms with Crippen molar-refractivity contribution >= 4 is 23.2 Å². The number of hydrogen-bond acceptors (Lipinski definition) is 5. The van der Waals surface area contributed by atoms with Crippen molar-refractivity contribution in [2.24, 2.45) is 0 Å². The van der Waals surface area contributed by atoms with E-state index in [9.17, 15) is 14.0 Å². The molecule has 0 spiro atoms. The Labute approximate surface area is 163 Å². The molecule has 0 N–H and O–H groups in total. The number of aromatic nitrogens is 1. The average molecular weight is 392 g/mol. The van der Waals surface area contributed by atoms with Gasteiger partial charge < -0.3 is 9.64 Å². The molecule has 7 heteroatoms. The number of nitrogens with zero attached hydrogens (tertiary/aromatic N) is 2. The minimum Gasteiger partial charge on any atom is -0.448 e. The van der Waals surface area contributed by atoms with Crippen molar-refractivity contribution in [2.75, 3.05) is 0 Å². The Morgan fingerprint density at radius 3 is 2.15 bits per heavy atom. The van der Waals surface area contributed by atoms with Crippen LogP contribution in [0.25, 0.3) is 10.6 Å². The molecule has 1 amide bonds. The summed E-state index contributed by atoms with van der Waals surface area (Å²) in [5.41, 5.74) is 1.24. The first-order chi connectivity index (χ1) is 12.6. The van der Waals surface area contributed by atoms with Gasteiger partial charge in [0.1, 0.15) is 15.7 Å². The Morgan fingerprint density at radius 2 is 1.63 bits per heavy atom. The SMILES string of the molecule is Cc1nc(-c2ccc(F)cc2)sc1C(=O)OC(C)C(=O)N(C(C)C)C(C)C. The third-order valence-electron chi connectivity index (χ3n) is 4.07. The van der Waals surface area contributed by atoms with E-state index >= 15 is 0 Å². The molecule has 1 unspecified atom stereocenters. The molecule has 0 aliphatic heterocycles. The maximum absolute atomic E-state index is 13.1. The monoisotopic (exact) mass is 392 g/mol. The van der Waals surface area contributed by atoms with Gasteiger partial charge in [-0.3, -0.25) is 4.79 Å². The Bertz CT molecular complexity index is 807. The predicted molar refractivity (Wildman–Crippen MR) is 104 cm³/mol. The Morgan fingerprint density at radius 1 is 1.07 bits per heavy atom. The molecule has 0 saturated carbocycles. The lowest BCUT2D eigenvalue weighted by molar-refractivity contribution is -0.143. The number of rotatable bonds is 6. The Hall–Kier alpha value is -2.28. The summed E-state index contributed by atoms with van der Waals surface area (Å²) in [6.07, 6.45) is -0.891. The predicted octanol–water partition coefficient (Wildman–Crippen LogP) is 4.45. The van der Waals surface area contributed by atoms with Gasteiger partial charge >= 0.3 is 5.97 Å². The number of thiazole rings is 1. The van der Waals surface area contributed by atoms with E-state index in [1.54, 1.807) is 30.9 Å². The highest BCUT2D eigenvalue weighted by molar-refractivity contribution is 7.17. The van der Waals surface area contributed by atoms with Crippen LogP contribution < -0.4 is 0 Å². The Kier molecular flexibility index (Phi) is 6.70. The highest BCUT2D eigenvalue weighted by atomic mass is 32.1. The van der Waals surface area contributed by atoms with Gasteiger partial charge in [-0.05, 0) is 65.8 Å². The summed E-state index contributed by atoms with van der Waals surface area (Å²) in [5, 5.41) is 0.601. The summed E-state index contributed by atoms with van der Waals surface area (Å²) < 4.78 is 18.5. The molecule has 146 valence electrons. The van der Waals surface area contributed by atoms with Crippen molar-refractivity contribution in [3.05, 3.63) is 40.7 Å². The van der Waals surface area contributed by atoms with E-state index < -0.39 is 12.1 Å². The molecule has 1 aromatic carbocycles. The molecule has 5 nitrogen and oxygen atoms in total. The number of hydrogen-bond donors (Lipinski definition) is 0. The fourth-order valence-corrected chi connectivity index (χ4v) is 3.84. The van der Waals surface area contributed by atoms with Gasteiger partial charge in [0.15, 0.2) is 6.10 Å². The molecule has 1 atom stereocenters. The van der Waals surface area contributed by atoms with Crippen LogP contribution in [0, 0.1) is 12.7 Å². The quantitative estimate of drug-likeness (QED) is 0.682. The van der Waals surface area contributed by atoms with Crippen LogP contribution in [-0.4, -0.2) is 39.9 Å². The molecule has 0 aliphatic carbocycles. The summed E-state index contributed by atoms with van der Waals surface area (Å²) in [6.45, 7) is 11.0. The first-order valence-corrected chi connectivity index (χ1v) is 9.70. The topological polar surface area (TPSA) is 59.5 Å². The number of ether oxygens (including phenoxy) is 1. The van der Waals surface area contributed by atoms with Gasteiger partial charge in [-0.1, -0.05) is 0 Å². The smallest absolute Gasteiger partial charge is 0.351 e. The first kappa shape index (κ1) is 21.0. The van der Waals surface area contributed by atoms with Crippen molar-refractivity contribution in [1.82, 2.24) is 9.88 Å². The molecule has 1 aromatic heterocycles. The lowest BCUT2D eigenvalue weighted by atomic mass is 10.2. The molecule has 0 aliphatic rings. The van der Waals surface area contributed by atoms with Gasteiger partial charge in [0.05, 0.1) is 5.69 Å². The zero-order chi connectivity index (χ0) is 20.3. The highest BCUT2D eigenvalue weighted by Gasteiger charge is 2.29. The molecular weight excluding hydrogens is 367 g/mol. The van der Waals surface area contributed by atoms with Crippen molar-refractivity contribution in [1.29, 1.82) is 0 Å². The molecule has 1 heterocycles. The van der Waals surface area contributed by atoms with Crippen molar-refractivity contribution < 1.29 is 18.7 Å². The van der Waals surface area contributed by atoms with Gasteiger partial charge in [-0.2, -0.15) is 0 Å². The van der Waals surface area contributed by atoms with Crippen LogP contribution in [0.15, 0.2) is 24.3 Å². The number of benzene rings is 1. The maximum Gasteiger partial charge on any atom is 0.351 e. The van der Waals surface area contributed by atoms with E-state index in [1.165, 1.54) is 23.5 Å². The van der Waals surface area contributed by atoms with Crippen molar-refractivity contribution in [2.45, 2.75) is 59.7 Å². The minimum atomic E-state index is -0.891. The second-order valence-corrected chi connectivity index (χ2v) is 7.92. The van der Waals surface area contributed by atoms with Gasteiger partial charge in [0.25, 0.3) is 5.91 Å². The van der Waals surface area contributed by atoms with E-state index in [-0.39, 0.29) is 23.8 Å². The number of halogens is 1. The standard InChI is InChI=1S/C20H25FN2O3S/c1-11(2)23(12(3)4)19(24)14(6)26-20(25)17-13(5)22-18(27-17)15-7-9-16(21)10-8-15/h7-12,14H,1-6H3. The molecule has 27 heavy (non-hydrogen) atoms. The van der Waals surface area contributed by atoms with Gasteiger partial charge in [0.2, 0.25) is 0 Å². The zero-order valence-electron chi connectivity index (χ0n) is 16.4. The normalized spacial score (nSPS) is 12.3. The number of amides is 1. The summed E-state index contributed by atoms with van der Waals surface area (Å²) in [6, 6.07) is 5.92. The van der Waals surface area contributed by atoms with Crippen LogP contribution >= 0.6 is 11.3 Å². The summed E-state index contributed by atoms with van der Waals surface area (Å²) in [7, 11) is 0. The van der Waals surface area contributed by atoms with Crippen LogP contribution in [0.3, 0.4) is 0 Å². The summed E-state index contributed by atoms with van der Waals surface area (Å²) >= 11 is 1.17.